The maximum absolute atomic E-state index is 11.9. The molecule has 1 N–H and O–H groups in total. The number of nitrogens with zero attached hydrogens (tertiary/aromatic N) is 2. The zero-order valence-electron chi connectivity index (χ0n) is 11.6. The summed E-state index contributed by atoms with van der Waals surface area (Å²) in [5, 5.41) is 8.64. The summed E-state index contributed by atoms with van der Waals surface area (Å²) in [6, 6.07) is 7.89. The predicted molar refractivity (Wildman–Crippen MR) is 72.8 cm³/mol. The largest absolute Gasteiger partial charge is 0.480 e. The average molecular weight is 264 g/mol. The number of likely N-dealkylation sites (N-methyl/N-ethyl adjacent to an activating group) is 2. The third kappa shape index (κ3) is 5.09. The monoisotopic (exact) mass is 264 g/mol. The lowest BCUT2D eigenvalue weighted by Crippen LogP contribution is -2.38. The van der Waals surface area contributed by atoms with Gasteiger partial charge >= 0.3 is 5.97 Å². The molecule has 0 aromatic heterocycles. The van der Waals surface area contributed by atoms with Gasteiger partial charge in [0.15, 0.2) is 0 Å². The normalized spacial score (nSPS) is 10.5. The molecular formula is C14H20N2O3. The summed E-state index contributed by atoms with van der Waals surface area (Å²) in [6.45, 7) is 2.51. The number of benzene rings is 1. The van der Waals surface area contributed by atoms with Crippen molar-refractivity contribution in [2.45, 2.75) is 13.5 Å². The zero-order chi connectivity index (χ0) is 14.4. The second-order valence-electron chi connectivity index (χ2n) is 4.74. The van der Waals surface area contributed by atoms with Crippen molar-refractivity contribution in [3.05, 3.63) is 35.4 Å². The first-order valence-corrected chi connectivity index (χ1v) is 6.09. The highest BCUT2D eigenvalue weighted by molar-refractivity contribution is 5.79. The maximum atomic E-state index is 11.9. The molecule has 0 aliphatic heterocycles. The van der Waals surface area contributed by atoms with Crippen LogP contribution in [-0.4, -0.2) is 54.0 Å². The Balaban J connectivity index is 2.54. The lowest BCUT2D eigenvalue weighted by Gasteiger charge is -2.21. The van der Waals surface area contributed by atoms with Gasteiger partial charge in [0.25, 0.3) is 0 Å². The standard InChI is InChI=1S/C14H20N2O3/c1-11-6-4-5-7-12(11)8-16(3)13(17)9-15(2)10-14(18)19/h4-7H,8-10H2,1-3H3,(H,18,19). The molecule has 5 nitrogen and oxygen atoms in total. The molecular weight excluding hydrogens is 244 g/mol. The molecule has 0 radical (unpaired) electrons. The van der Waals surface area contributed by atoms with E-state index >= 15 is 0 Å². The number of aryl methyl sites for hydroxylation is 1. The summed E-state index contributed by atoms with van der Waals surface area (Å²) in [4.78, 5) is 25.6. The average Bonchev–Trinajstić information content (AvgIpc) is 2.30. The van der Waals surface area contributed by atoms with E-state index in [4.69, 9.17) is 5.11 Å². The van der Waals surface area contributed by atoms with Crippen LogP contribution in [0.2, 0.25) is 0 Å². The first kappa shape index (κ1) is 15.2. The van der Waals surface area contributed by atoms with Crippen LogP contribution in [0.1, 0.15) is 11.1 Å². The Bertz CT molecular complexity index is 460. The van der Waals surface area contributed by atoms with Gasteiger partial charge < -0.3 is 10.0 Å². The number of rotatable bonds is 6. The van der Waals surface area contributed by atoms with Crippen LogP contribution in [0.3, 0.4) is 0 Å². The summed E-state index contributed by atoms with van der Waals surface area (Å²) in [7, 11) is 3.34. The van der Waals surface area contributed by atoms with Crippen LogP contribution >= 0.6 is 0 Å². The molecule has 0 heterocycles. The van der Waals surface area contributed by atoms with Gasteiger partial charge in [0.05, 0.1) is 13.1 Å². The lowest BCUT2D eigenvalue weighted by atomic mass is 10.1. The van der Waals surface area contributed by atoms with Gasteiger partial charge in [-0.15, -0.1) is 0 Å². The van der Waals surface area contributed by atoms with Crippen molar-refractivity contribution in [2.24, 2.45) is 0 Å². The minimum Gasteiger partial charge on any atom is -0.480 e. The van der Waals surface area contributed by atoms with Crippen LogP contribution in [0.4, 0.5) is 0 Å². The predicted octanol–water partition coefficient (Wildman–Crippen LogP) is 0.970. The molecule has 0 atom stereocenters. The van der Waals surface area contributed by atoms with E-state index in [1.165, 1.54) is 4.90 Å². The maximum Gasteiger partial charge on any atom is 0.317 e. The number of carboxylic acid groups (broad SMARTS) is 1. The van der Waals surface area contributed by atoms with Crippen molar-refractivity contribution in [3.63, 3.8) is 0 Å². The van der Waals surface area contributed by atoms with Crippen molar-refractivity contribution < 1.29 is 14.7 Å². The Morgan fingerprint density at radius 1 is 1.16 bits per heavy atom. The first-order valence-electron chi connectivity index (χ1n) is 6.09. The van der Waals surface area contributed by atoms with Crippen LogP contribution in [-0.2, 0) is 16.1 Å². The fourth-order valence-electron chi connectivity index (χ4n) is 1.77. The number of aliphatic carboxylic acids is 1. The van der Waals surface area contributed by atoms with E-state index < -0.39 is 5.97 Å². The molecule has 19 heavy (non-hydrogen) atoms. The molecule has 1 amide bonds. The van der Waals surface area contributed by atoms with Crippen molar-refractivity contribution in [1.82, 2.24) is 9.80 Å². The smallest absolute Gasteiger partial charge is 0.317 e. The highest BCUT2D eigenvalue weighted by Crippen LogP contribution is 2.09. The van der Waals surface area contributed by atoms with Gasteiger partial charge in [-0.3, -0.25) is 14.5 Å². The number of hydrogen-bond acceptors (Lipinski definition) is 3. The molecule has 0 unspecified atom stereocenters. The van der Waals surface area contributed by atoms with Gasteiger partial charge in [-0.25, -0.2) is 0 Å². The van der Waals surface area contributed by atoms with Gasteiger partial charge in [0.2, 0.25) is 5.91 Å². The van der Waals surface area contributed by atoms with Gasteiger partial charge in [-0.05, 0) is 25.1 Å². The Hall–Kier alpha value is -1.88. The second kappa shape index (κ2) is 6.89. The summed E-state index contributed by atoms with van der Waals surface area (Å²) >= 11 is 0. The van der Waals surface area contributed by atoms with E-state index in [1.54, 1.807) is 19.0 Å². The van der Waals surface area contributed by atoms with E-state index in [1.807, 2.05) is 31.2 Å². The van der Waals surface area contributed by atoms with E-state index in [9.17, 15) is 9.59 Å². The third-order valence-electron chi connectivity index (χ3n) is 2.90. The first-order chi connectivity index (χ1) is 8.90. The van der Waals surface area contributed by atoms with Gasteiger partial charge in [-0.2, -0.15) is 0 Å². The molecule has 0 aliphatic carbocycles. The second-order valence-corrected chi connectivity index (χ2v) is 4.74. The van der Waals surface area contributed by atoms with E-state index in [0.717, 1.165) is 11.1 Å². The number of amides is 1. The van der Waals surface area contributed by atoms with E-state index in [2.05, 4.69) is 0 Å². The van der Waals surface area contributed by atoms with E-state index in [0.29, 0.717) is 6.54 Å². The van der Waals surface area contributed by atoms with Crippen LogP contribution in [0.15, 0.2) is 24.3 Å². The number of carbonyl (C=O) groups is 2. The molecule has 0 bridgehead atoms. The SMILES string of the molecule is Cc1ccccc1CN(C)C(=O)CN(C)CC(=O)O. The fraction of sp³-hybridized carbons (Fsp3) is 0.429. The van der Waals surface area contributed by atoms with Crippen LogP contribution in [0.5, 0.6) is 0 Å². The van der Waals surface area contributed by atoms with E-state index in [-0.39, 0.29) is 19.0 Å². The highest BCUT2D eigenvalue weighted by Gasteiger charge is 2.14. The minimum absolute atomic E-state index is 0.0907. The van der Waals surface area contributed by atoms with Crippen LogP contribution < -0.4 is 0 Å². The molecule has 0 aliphatic rings. The molecule has 0 spiro atoms. The molecule has 5 heteroatoms. The number of hydrogen-bond donors (Lipinski definition) is 1. The highest BCUT2D eigenvalue weighted by atomic mass is 16.4. The van der Waals surface area contributed by atoms with Gasteiger partial charge in [0.1, 0.15) is 0 Å². The quantitative estimate of drug-likeness (QED) is 0.831. The topological polar surface area (TPSA) is 60.9 Å². The minimum atomic E-state index is -0.933. The van der Waals surface area contributed by atoms with Gasteiger partial charge in [0, 0.05) is 13.6 Å². The molecule has 1 aromatic rings. The van der Waals surface area contributed by atoms with Crippen molar-refractivity contribution in [2.75, 3.05) is 27.2 Å². The molecule has 0 saturated heterocycles. The molecule has 0 fully saturated rings. The summed E-state index contributed by atoms with van der Waals surface area (Å²) in [5.74, 6) is -1.02. The number of carbonyl (C=O) groups excluding carboxylic acids is 1. The van der Waals surface area contributed by atoms with Crippen molar-refractivity contribution in [3.8, 4) is 0 Å². The Morgan fingerprint density at radius 3 is 2.37 bits per heavy atom. The summed E-state index contributed by atoms with van der Waals surface area (Å²) in [6.07, 6.45) is 0. The zero-order valence-corrected chi connectivity index (χ0v) is 11.6. The van der Waals surface area contributed by atoms with Crippen LogP contribution in [0, 0.1) is 6.92 Å². The van der Waals surface area contributed by atoms with Crippen molar-refractivity contribution >= 4 is 11.9 Å². The van der Waals surface area contributed by atoms with Crippen LogP contribution in [0.25, 0.3) is 0 Å². The lowest BCUT2D eigenvalue weighted by molar-refractivity contribution is -0.139. The summed E-state index contributed by atoms with van der Waals surface area (Å²) < 4.78 is 0. The molecule has 1 aromatic carbocycles. The number of carboxylic acids is 1. The third-order valence-corrected chi connectivity index (χ3v) is 2.90. The Labute approximate surface area is 113 Å². The van der Waals surface area contributed by atoms with Crippen molar-refractivity contribution in [1.29, 1.82) is 0 Å². The molecule has 104 valence electrons. The molecule has 1 rings (SSSR count). The molecule has 0 saturated carbocycles. The Kier molecular flexibility index (Phi) is 5.51. The summed E-state index contributed by atoms with van der Waals surface area (Å²) in [5.41, 5.74) is 2.24. The fourth-order valence-corrected chi connectivity index (χ4v) is 1.77. The Morgan fingerprint density at radius 2 is 1.79 bits per heavy atom. The van der Waals surface area contributed by atoms with Gasteiger partial charge in [-0.1, -0.05) is 24.3 Å².